The van der Waals surface area contributed by atoms with Crippen LogP contribution in [0.4, 0.5) is 4.39 Å². The highest BCUT2D eigenvalue weighted by atomic mass is 32.2. The van der Waals surface area contributed by atoms with E-state index in [-0.39, 0.29) is 17.3 Å². The van der Waals surface area contributed by atoms with Crippen molar-refractivity contribution in [3.05, 3.63) is 118 Å². The van der Waals surface area contributed by atoms with Gasteiger partial charge in [0.25, 0.3) is 0 Å². The first kappa shape index (κ1) is 30.3. The Labute approximate surface area is 258 Å². The first-order valence-corrected chi connectivity index (χ1v) is 15.3. The average molecular weight is 619 g/mol. The Hall–Kier alpha value is -4.21. The van der Waals surface area contributed by atoms with Gasteiger partial charge in [0.1, 0.15) is 28.8 Å². The number of aliphatic hydroxyl groups is 2. The Kier molecular flexibility index (Phi) is 9.43. The van der Waals surface area contributed by atoms with E-state index in [9.17, 15) is 14.6 Å². The Morgan fingerprint density at radius 1 is 0.605 bits per heavy atom. The molecule has 2 N–H and O–H groups in total. The van der Waals surface area contributed by atoms with Crippen molar-refractivity contribution in [2.45, 2.75) is 11.5 Å². The summed E-state index contributed by atoms with van der Waals surface area (Å²) < 4.78 is 34.3. The molecule has 6 nitrogen and oxygen atoms in total. The number of ether oxygens (including phenoxy) is 4. The van der Waals surface area contributed by atoms with E-state index in [4.69, 9.17) is 18.9 Å². The molecule has 0 saturated carbocycles. The second-order valence-corrected chi connectivity index (χ2v) is 11.5. The number of methoxy groups -OCH3 is 4. The maximum Gasteiger partial charge on any atom is 0.165 e. The van der Waals surface area contributed by atoms with Crippen LogP contribution in [0.2, 0.25) is 0 Å². The SMILES string of the molecule is COc1ccc(C2=C(O)c3ccc(F)cc3CS2)cc1.COc1ccc(C2=C(O)c3ccc(OC)c(OC)c3CS2)cc1. The van der Waals surface area contributed by atoms with Crippen molar-refractivity contribution >= 4 is 44.9 Å². The zero-order chi connectivity index (χ0) is 30.5. The predicted molar refractivity (Wildman–Crippen MR) is 173 cm³/mol. The van der Waals surface area contributed by atoms with Crippen LogP contribution in [0.1, 0.15) is 33.4 Å². The van der Waals surface area contributed by atoms with Crippen LogP contribution in [0, 0.1) is 5.82 Å². The maximum absolute atomic E-state index is 13.2. The van der Waals surface area contributed by atoms with Crippen LogP contribution >= 0.6 is 23.5 Å². The fourth-order valence-electron chi connectivity index (χ4n) is 4.87. The molecule has 222 valence electrons. The molecule has 0 radical (unpaired) electrons. The Balaban J connectivity index is 0.000000173. The zero-order valence-corrected chi connectivity index (χ0v) is 25.8. The van der Waals surface area contributed by atoms with Crippen LogP contribution in [-0.2, 0) is 11.5 Å². The lowest BCUT2D eigenvalue weighted by atomic mass is 10.0. The smallest absolute Gasteiger partial charge is 0.165 e. The molecule has 43 heavy (non-hydrogen) atoms. The normalized spacial score (nSPS) is 13.8. The van der Waals surface area contributed by atoms with E-state index in [0.717, 1.165) is 49.1 Å². The van der Waals surface area contributed by atoms with Crippen molar-refractivity contribution in [3.63, 3.8) is 0 Å². The summed E-state index contributed by atoms with van der Waals surface area (Å²) in [5.74, 6) is 4.48. The third-order valence-electron chi connectivity index (χ3n) is 7.09. The summed E-state index contributed by atoms with van der Waals surface area (Å²) in [6.07, 6.45) is 0. The van der Waals surface area contributed by atoms with E-state index < -0.39 is 0 Å². The van der Waals surface area contributed by atoms with Crippen LogP contribution in [0.15, 0.2) is 78.9 Å². The van der Waals surface area contributed by atoms with E-state index in [0.29, 0.717) is 28.6 Å². The summed E-state index contributed by atoms with van der Waals surface area (Å²) >= 11 is 3.09. The lowest BCUT2D eigenvalue weighted by Crippen LogP contribution is -2.04. The van der Waals surface area contributed by atoms with Crippen molar-refractivity contribution in [2.75, 3.05) is 28.4 Å². The largest absolute Gasteiger partial charge is 0.506 e. The minimum atomic E-state index is -0.273. The molecule has 2 aliphatic heterocycles. The fourth-order valence-corrected chi connectivity index (χ4v) is 7.08. The van der Waals surface area contributed by atoms with Crippen molar-refractivity contribution in [3.8, 4) is 23.0 Å². The van der Waals surface area contributed by atoms with Crippen LogP contribution in [-0.4, -0.2) is 38.7 Å². The topological polar surface area (TPSA) is 77.4 Å². The van der Waals surface area contributed by atoms with Gasteiger partial charge in [-0.25, -0.2) is 4.39 Å². The van der Waals surface area contributed by atoms with Crippen LogP contribution in [0.5, 0.6) is 23.0 Å². The van der Waals surface area contributed by atoms with E-state index in [1.165, 1.54) is 23.9 Å². The van der Waals surface area contributed by atoms with Crippen LogP contribution in [0.25, 0.3) is 21.3 Å². The number of hydrogen-bond acceptors (Lipinski definition) is 8. The third-order valence-corrected chi connectivity index (χ3v) is 9.42. The monoisotopic (exact) mass is 618 g/mol. The summed E-state index contributed by atoms with van der Waals surface area (Å²) in [7, 11) is 6.48. The number of thioether (sulfide) groups is 2. The summed E-state index contributed by atoms with van der Waals surface area (Å²) in [6.45, 7) is 0. The molecule has 0 saturated heterocycles. The summed E-state index contributed by atoms with van der Waals surface area (Å²) in [5, 5.41) is 21.1. The van der Waals surface area contributed by atoms with Gasteiger partial charge in [0.05, 0.1) is 38.2 Å². The number of rotatable bonds is 6. The number of benzene rings is 4. The highest BCUT2D eigenvalue weighted by Gasteiger charge is 2.25. The number of halogens is 1. The molecule has 0 unspecified atom stereocenters. The molecule has 4 aromatic carbocycles. The van der Waals surface area contributed by atoms with Gasteiger partial charge in [-0.3, -0.25) is 0 Å². The van der Waals surface area contributed by atoms with E-state index in [1.54, 1.807) is 46.3 Å². The second kappa shape index (κ2) is 13.4. The molecule has 4 aromatic rings. The lowest BCUT2D eigenvalue weighted by molar-refractivity contribution is 0.352. The molecule has 0 spiro atoms. The van der Waals surface area contributed by atoms with Crippen LogP contribution in [0.3, 0.4) is 0 Å². The Morgan fingerprint density at radius 3 is 1.67 bits per heavy atom. The summed E-state index contributed by atoms with van der Waals surface area (Å²) in [5.41, 5.74) is 5.16. The molecule has 6 rings (SSSR count). The van der Waals surface area contributed by atoms with E-state index >= 15 is 0 Å². The molecule has 0 amide bonds. The Bertz CT molecular complexity index is 1680. The van der Waals surface area contributed by atoms with Gasteiger partial charge < -0.3 is 29.2 Å². The van der Waals surface area contributed by atoms with Crippen molar-refractivity contribution < 1.29 is 33.6 Å². The number of hydrogen-bond donors (Lipinski definition) is 2. The highest BCUT2D eigenvalue weighted by Crippen LogP contribution is 2.48. The quantitative estimate of drug-likeness (QED) is 0.222. The maximum atomic E-state index is 13.2. The van der Waals surface area contributed by atoms with E-state index in [1.807, 2.05) is 60.7 Å². The Morgan fingerprint density at radius 2 is 1.14 bits per heavy atom. The van der Waals surface area contributed by atoms with Gasteiger partial charge in [-0.15, -0.1) is 23.5 Å². The molecule has 2 heterocycles. The first-order chi connectivity index (χ1) is 20.9. The standard InChI is InChI=1S/C18H18O4S.C16H13FO2S/c1-20-12-6-4-11(5-7-12)18-16(19)13-8-9-15(21-2)17(22-3)14(13)10-23-18;1-19-13-5-2-10(3-6-13)16-15(18)14-7-4-12(17)8-11(14)9-20-16/h4-9,19H,10H2,1-3H3;2-8,18H,9H2,1H3. The molecule has 0 atom stereocenters. The molecule has 0 fully saturated rings. The lowest BCUT2D eigenvalue weighted by Gasteiger charge is -2.22. The predicted octanol–water partition coefficient (Wildman–Crippen LogP) is 8.81. The average Bonchev–Trinajstić information content (AvgIpc) is 3.05. The first-order valence-electron chi connectivity index (χ1n) is 13.3. The van der Waals surface area contributed by atoms with Gasteiger partial charge in [0, 0.05) is 28.2 Å². The summed E-state index contributed by atoms with van der Waals surface area (Å²) in [6, 6.07) is 23.4. The van der Waals surface area contributed by atoms with Crippen molar-refractivity contribution in [2.24, 2.45) is 0 Å². The van der Waals surface area contributed by atoms with Gasteiger partial charge in [-0.2, -0.15) is 0 Å². The minimum Gasteiger partial charge on any atom is -0.506 e. The van der Waals surface area contributed by atoms with Gasteiger partial charge in [0.2, 0.25) is 0 Å². The molecular formula is C34H31FO6S2. The molecule has 0 aromatic heterocycles. The van der Waals surface area contributed by atoms with Gasteiger partial charge in [-0.1, -0.05) is 24.3 Å². The highest BCUT2D eigenvalue weighted by molar-refractivity contribution is 8.08. The number of fused-ring (bicyclic) bond motifs is 2. The van der Waals surface area contributed by atoms with E-state index in [2.05, 4.69) is 0 Å². The second-order valence-electron chi connectivity index (χ2n) is 9.52. The van der Waals surface area contributed by atoms with Gasteiger partial charge >= 0.3 is 0 Å². The molecular weight excluding hydrogens is 588 g/mol. The molecule has 0 bridgehead atoms. The minimum absolute atomic E-state index is 0.210. The van der Waals surface area contributed by atoms with Gasteiger partial charge in [-0.05, 0) is 71.3 Å². The number of aliphatic hydroxyl groups excluding tert-OH is 2. The third kappa shape index (κ3) is 6.28. The summed E-state index contributed by atoms with van der Waals surface area (Å²) in [4.78, 5) is 1.67. The fraction of sp³-hybridized carbons (Fsp3) is 0.176. The van der Waals surface area contributed by atoms with Gasteiger partial charge in [0.15, 0.2) is 11.5 Å². The van der Waals surface area contributed by atoms with Crippen molar-refractivity contribution in [1.29, 1.82) is 0 Å². The zero-order valence-electron chi connectivity index (χ0n) is 24.1. The van der Waals surface area contributed by atoms with Crippen LogP contribution < -0.4 is 18.9 Å². The molecule has 2 aliphatic rings. The molecule has 0 aliphatic carbocycles. The van der Waals surface area contributed by atoms with Crippen molar-refractivity contribution in [1.82, 2.24) is 0 Å². The molecule has 9 heteroatoms.